The Bertz CT molecular complexity index is 813. The molecule has 0 amide bonds. The molecule has 1 aromatic heterocycles. The van der Waals surface area contributed by atoms with Crippen LogP contribution in [0.2, 0.25) is 0 Å². The summed E-state index contributed by atoms with van der Waals surface area (Å²) in [6.07, 6.45) is 0.959. The molecular formula is C20H26FN5O. The number of ether oxygens (including phenoxy) is 1. The minimum absolute atomic E-state index is 0.103. The van der Waals surface area contributed by atoms with Crippen LogP contribution >= 0.6 is 0 Å². The lowest BCUT2D eigenvalue weighted by Gasteiger charge is -2.26. The van der Waals surface area contributed by atoms with E-state index in [1.807, 2.05) is 26.0 Å². The highest BCUT2D eigenvalue weighted by molar-refractivity contribution is 5.34. The molecule has 1 saturated heterocycles. The first-order valence-electron chi connectivity index (χ1n) is 9.43. The molecule has 4 rings (SSSR count). The number of halogens is 1. The van der Waals surface area contributed by atoms with Crippen LogP contribution in [0.15, 0.2) is 24.3 Å². The molecule has 144 valence electrons. The van der Waals surface area contributed by atoms with Crippen LogP contribution in [0.3, 0.4) is 0 Å². The van der Waals surface area contributed by atoms with Crippen molar-refractivity contribution in [3.05, 3.63) is 52.7 Å². The minimum atomic E-state index is -0.204. The smallest absolute Gasteiger partial charge is 0.220 e. The molecule has 2 aromatic rings. The fraction of sp³-hybridized carbons (Fsp3) is 0.500. The van der Waals surface area contributed by atoms with Crippen molar-refractivity contribution < 1.29 is 9.13 Å². The molecule has 6 nitrogen and oxygen atoms in total. The number of rotatable bonds is 5. The molecule has 0 bridgehead atoms. The molecule has 3 unspecified atom stereocenters. The monoisotopic (exact) mass is 371 g/mol. The van der Waals surface area contributed by atoms with Crippen molar-refractivity contribution in [3.8, 4) is 5.88 Å². The minimum Gasteiger partial charge on any atom is -0.472 e. The van der Waals surface area contributed by atoms with Crippen LogP contribution in [0.1, 0.15) is 28.7 Å². The van der Waals surface area contributed by atoms with Gasteiger partial charge in [-0.05, 0) is 38.6 Å². The molecule has 27 heavy (non-hydrogen) atoms. The largest absolute Gasteiger partial charge is 0.472 e. The van der Waals surface area contributed by atoms with Gasteiger partial charge in [0.2, 0.25) is 5.88 Å². The first-order valence-corrected chi connectivity index (χ1v) is 9.43. The predicted molar refractivity (Wildman–Crippen MR) is 101 cm³/mol. The molecule has 0 spiro atoms. The topological polar surface area (TPSA) is 62.3 Å². The first kappa shape index (κ1) is 18.3. The van der Waals surface area contributed by atoms with Gasteiger partial charge in [-0.3, -0.25) is 5.43 Å². The Morgan fingerprint density at radius 2 is 1.96 bits per heavy atom. The van der Waals surface area contributed by atoms with Crippen LogP contribution in [0.25, 0.3) is 0 Å². The fourth-order valence-corrected chi connectivity index (χ4v) is 4.12. The Kier molecular flexibility index (Phi) is 5.08. The fourth-order valence-electron chi connectivity index (χ4n) is 4.12. The molecule has 3 atom stereocenters. The van der Waals surface area contributed by atoms with Crippen molar-refractivity contribution in [2.45, 2.75) is 32.4 Å². The molecule has 2 aliphatic heterocycles. The maximum Gasteiger partial charge on any atom is 0.220 e. The standard InChI is InChI=1S/C20H26FN5O/c1-12-18-8-17(27-20(18)24-13(2)23-12)11-26(3)10-15-9-22-25-19(15)14-4-6-16(21)7-5-14/h4-7,15,17,19,22,25H,8-11H2,1-3H3. The van der Waals surface area contributed by atoms with E-state index < -0.39 is 0 Å². The van der Waals surface area contributed by atoms with E-state index in [2.05, 4.69) is 32.8 Å². The lowest BCUT2D eigenvalue weighted by Crippen LogP contribution is -2.37. The Morgan fingerprint density at radius 1 is 1.19 bits per heavy atom. The average molecular weight is 371 g/mol. The van der Waals surface area contributed by atoms with Gasteiger partial charge in [-0.15, -0.1) is 0 Å². The van der Waals surface area contributed by atoms with Crippen LogP contribution in [-0.2, 0) is 6.42 Å². The Balaban J connectivity index is 1.36. The average Bonchev–Trinajstić information content (AvgIpc) is 3.22. The van der Waals surface area contributed by atoms with Gasteiger partial charge < -0.3 is 9.64 Å². The van der Waals surface area contributed by atoms with E-state index in [1.54, 1.807) is 0 Å². The van der Waals surface area contributed by atoms with E-state index in [0.717, 1.165) is 54.6 Å². The highest BCUT2D eigenvalue weighted by Crippen LogP contribution is 2.30. The van der Waals surface area contributed by atoms with Crippen molar-refractivity contribution in [3.63, 3.8) is 0 Å². The number of aryl methyl sites for hydroxylation is 2. The Labute approximate surface area is 159 Å². The van der Waals surface area contributed by atoms with Gasteiger partial charge in [0.15, 0.2) is 0 Å². The summed E-state index contributed by atoms with van der Waals surface area (Å²) in [6, 6.07) is 6.92. The summed E-state index contributed by atoms with van der Waals surface area (Å²) < 4.78 is 19.3. The van der Waals surface area contributed by atoms with Gasteiger partial charge in [-0.1, -0.05) is 12.1 Å². The van der Waals surface area contributed by atoms with Crippen LogP contribution in [0.4, 0.5) is 4.39 Å². The van der Waals surface area contributed by atoms with E-state index in [4.69, 9.17) is 4.74 Å². The zero-order valence-electron chi connectivity index (χ0n) is 16.0. The molecule has 7 heteroatoms. The second-order valence-electron chi connectivity index (χ2n) is 7.62. The van der Waals surface area contributed by atoms with Crippen LogP contribution in [0, 0.1) is 25.6 Å². The normalized spacial score (nSPS) is 24.3. The van der Waals surface area contributed by atoms with Crippen LogP contribution < -0.4 is 15.6 Å². The van der Waals surface area contributed by atoms with E-state index in [9.17, 15) is 4.39 Å². The maximum atomic E-state index is 13.2. The summed E-state index contributed by atoms with van der Waals surface area (Å²) in [5.74, 6) is 1.69. The lowest BCUT2D eigenvalue weighted by atomic mass is 9.94. The molecule has 0 saturated carbocycles. The lowest BCUT2D eigenvalue weighted by molar-refractivity contribution is 0.151. The molecule has 1 fully saturated rings. The zero-order valence-corrected chi connectivity index (χ0v) is 16.0. The number of hydrazine groups is 1. The third-order valence-electron chi connectivity index (χ3n) is 5.38. The SMILES string of the molecule is Cc1nc(C)c2c(n1)OC(CN(C)CC1CNNC1c1ccc(F)cc1)C2. The zero-order chi connectivity index (χ0) is 19.0. The number of nitrogens with one attached hydrogen (secondary N) is 2. The van der Waals surface area contributed by atoms with Gasteiger partial charge in [0.05, 0.1) is 6.04 Å². The summed E-state index contributed by atoms with van der Waals surface area (Å²) in [5, 5.41) is 0. The van der Waals surface area contributed by atoms with E-state index >= 15 is 0 Å². The van der Waals surface area contributed by atoms with Gasteiger partial charge in [-0.25, -0.2) is 14.8 Å². The molecule has 2 N–H and O–H groups in total. The number of hydrogen-bond donors (Lipinski definition) is 2. The van der Waals surface area contributed by atoms with Crippen LogP contribution in [0.5, 0.6) is 5.88 Å². The summed E-state index contributed by atoms with van der Waals surface area (Å²) >= 11 is 0. The van der Waals surface area contributed by atoms with Gasteiger partial charge in [0, 0.05) is 43.2 Å². The maximum absolute atomic E-state index is 13.2. The summed E-state index contributed by atoms with van der Waals surface area (Å²) in [6.45, 7) is 6.54. The third kappa shape index (κ3) is 3.95. The van der Waals surface area contributed by atoms with Crippen molar-refractivity contribution in [2.75, 3.05) is 26.7 Å². The quantitative estimate of drug-likeness (QED) is 0.838. The van der Waals surface area contributed by atoms with Gasteiger partial charge in [-0.2, -0.15) is 4.98 Å². The van der Waals surface area contributed by atoms with E-state index in [1.165, 1.54) is 12.1 Å². The molecular weight excluding hydrogens is 345 g/mol. The summed E-state index contributed by atoms with van der Waals surface area (Å²) in [5.41, 5.74) is 9.81. The van der Waals surface area contributed by atoms with Crippen LogP contribution in [-0.4, -0.2) is 47.7 Å². The molecule has 0 aliphatic carbocycles. The van der Waals surface area contributed by atoms with Gasteiger partial charge in [0.1, 0.15) is 17.7 Å². The molecule has 3 heterocycles. The van der Waals surface area contributed by atoms with Crippen molar-refractivity contribution in [1.82, 2.24) is 25.7 Å². The second kappa shape index (κ2) is 7.50. The van der Waals surface area contributed by atoms with Crippen molar-refractivity contribution in [1.29, 1.82) is 0 Å². The third-order valence-corrected chi connectivity index (χ3v) is 5.38. The number of likely N-dealkylation sites (N-methyl/N-ethyl adjacent to an activating group) is 1. The van der Waals surface area contributed by atoms with E-state index in [-0.39, 0.29) is 18.0 Å². The first-order chi connectivity index (χ1) is 13.0. The van der Waals surface area contributed by atoms with Gasteiger partial charge in [0.25, 0.3) is 0 Å². The number of benzene rings is 1. The second-order valence-corrected chi connectivity index (χ2v) is 7.62. The Morgan fingerprint density at radius 3 is 2.74 bits per heavy atom. The highest BCUT2D eigenvalue weighted by Gasteiger charge is 2.32. The molecule has 0 radical (unpaired) electrons. The van der Waals surface area contributed by atoms with Crippen molar-refractivity contribution >= 4 is 0 Å². The van der Waals surface area contributed by atoms with E-state index in [0.29, 0.717) is 5.92 Å². The predicted octanol–water partition coefficient (Wildman–Crippen LogP) is 1.93. The summed E-state index contributed by atoms with van der Waals surface area (Å²) in [4.78, 5) is 11.2. The number of aromatic nitrogens is 2. The molecule has 1 aromatic carbocycles. The van der Waals surface area contributed by atoms with Gasteiger partial charge >= 0.3 is 0 Å². The number of hydrogen-bond acceptors (Lipinski definition) is 6. The highest BCUT2D eigenvalue weighted by atomic mass is 19.1. The summed E-state index contributed by atoms with van der Waals surface area (Å²) in [7, 11) is 2.12. The molecule has 2 aliphatic rings. The number of fused-ring (bicyclic) bond motifs is 1. The number of nitrogens with zero attached hydrogens (tertiary/aromatic N) is 3. The Hall–Kier alpha value is -2.09. The van der Waals surface area contributed by atoms with Crippen molar-refractivity contribution in [2.24, 2.45) is 5.92 Å².